The first-order chi connectivity index (χ1) is 19.7. The van der Waals surface area contributed by atoms with E-state index in [4.69, 9.17) is 32.7 Å². The Hall–Kier alpha value is -4.09. The predicted molar refractivity (Wildman–Crippen MR) is 151 cm³/mol. The number of ether oxygens (including phenoxy) is 2. The van der Waals surface area contributed by atoms with Gasteiger partial charge in [-0.15, -0.1) is 0 Å². The summed E-state index contributed by atoms with van der Waals surface area (Å²) in [4.78, 5) is 66.4. The number of aromatic amines is 1. The van der Waals surface area contributed by atoms with Gasteiger partial charge in [-0.2, -0.15) is 0 Å². The molecule has 1 aromatic heterocycles. The number of H-pyrrole nitrogens is 1. The summed E-state index contributed by atoms with van der Waals surface area (Å²) in [5.41, 5.74) is 0.810. The molecular weight excluding hydrogens is 575 g/mol. The van der Waals surface area contributed by atoms with Crippen LogP contribution in [0.15, 0.2) is 42.5 Å². The number of piperidine rings is 1. The van der Waals surface area contributed by atoms with Crippen molar-refractivity contribution in [3.63, 3.8) is 0 Å². The van der Waals surface area contributed by atoms with Crippen LogP contribution in [-0.4, -0.2) is 67.3 Å². The maximum atomic E-state index is 13.1. The number of hydrogen-bond donors (Lipinski definition) is 4. The molecule has 1 aliphatic heterocycles. The van der Waals surface area contributed by atoms with E-state index in [1.165, 1.54) is 19.2 Å². The molecule has 4 rings (SSSR count). The van der Waals surface area contributed by atoms with Gasteiger partial charge in [-0.05, 0) is 49.6 Å². The van der Waals surface area contributed by atoms with Gasteiger partial charge in [0.2, 0.25) is 11.8 Å². The van der Waals surface area contributed by atoms with Crippen molar-refractivity contribution in [1.29, 1.82) is 0 Å². The summed E-state index contributed by atoms with van der Waals surface area (Å²) in [5.74, 6) is -2.92. The molecule has 3 amide bonds. The number of carbonyl (C=O) groups excluding carboxylic acids is 5. The van der Waals surface area contributed by atoms with Gasteiger partial charge in [0.25, 0.3) is 5.91 Å². The fraction of sp³-hybridized carbons (Fsp3) is 0.321. The molecule has 0 bridgehead atoms. The summed E-state index contributed by atoms with van der Waals surface area (Å²) < 4.78 is 10.4. The number of benzene rings is 2. The number of fused-ring (bicyclic) bond motifs is 1. The number of nitrogens with one attached hydrogen (secondary N) is 4. The quantitative estimate of drug-likeness (QED) is 0.246. The minimum Gasteiger partial charge on any atom is -0.496 e. The third-order valence-electron chi connectivity index (χ3n) is 6.65. The molecule has 0 spiro atoms. The van der Waals surface area contributed by atoms with E-state index in [-0.39, 0.29) is 33.6 Å². The molecule has 2 heterocycles. The first-order valence-corrected chi connectivity index (χ1v) is 13.6. The van der Waals surface area contributed by atoms with Crippen LogP contribution < -0.4 is 20.7 Å². The molecule has 1 unspecified atom stereocenters. The van der Waals surface area contributed by atoms with E-state index in [0.717, 1.165) is 6.42 Å². The Bertz CT molecular complexity index is 1470. The smallest absolute Gasteiger partial charge is 0.341 e. The zero-order valence-corrected chi connectivity index (χ0v) is 23.6. The van der Waals surface area contributed by atoms with Crippen LogP contribution in [0.5, 0.6) is 5.75 Å². The minimum atomic E-state index is -1.15. The zero-order valence-electron chi connectivity index (χ0n) is 22.1. The first-order valence-electron chi connectivity index (χ1n) is 12.8. The molecule has 0 radical (unpaired) electrons. The van der Waals surface area contributed by atoms with E-state index >= 15 is 0 Å². The Morgan fingerprint density at radius 2 is 1.83 bits per heavy atom. The molecule has 3 aromatic rings. The number of Topliss-reactive ketones (excluding diaryl/α,β-unsaturated/α-hetero) is 1. The highest BCUT2D eigenvalue weighted by atomic mass is 35.5. The Labute approximate surface area is 245 Å². The van der Waals surface area contributed by atoms with E-state index in [1.54, 1.807) is 30.3 Å². The monoisotopic (exact) mass is 602 g/mol. The van der Waals surface area contributed by atoms with Gasteiger partial charge in [-0.25, -0.2) is 4.79 Å². The molecule has 216 valence electrons. The Balaban J connectivity index is 1.39. The lowest BCUT2D eigenvalue weighted by Gasteiger charge is -2.26. The Morgan fingerprint density at radius 1 is 1.10 bits per heavy atom. The molecule has 1 fully saturated rings. The van der Waals surface area contributed by atoms with Crippen LogP contribution in [0.25, 0.3) is 10.9 Å². The second kappa shape index (κ2) is 13.5. The van der Waals surface area contributed by atoms with Gasteiger partial charge in [0.1, 0.15) is 11.4 Å². The standard InChI is InChI=1S/C28H28Cl2N4O7/c1-40-23-9-3-8-19-16(23)12-21(33-19)27(38)32-13-24(36)34-20(11-15-5-4-10-31-26(15)37)22(35)14-41-28(39)25-17(29)6-2-7-18(25)30/h2-3,6-9,12,15,20,33H,4-5,10-11,13-14H2,1H3,(H,31,37)(H,32,38)(H,34,36)/t15-,20?/m0/s1. The lowest BCUT2D eigenvalue weighted by molar-refractivity contribution is -0.132. The summed E-state index contributed by atoms with van der Waals surface area (Å²) >= 11 is 12.1. The largest absolute Gasteiger partial charge is 0.496 e. The number of halogens is 2. The number of carbonyl (C=O) groups is 5. The van der Waals surface area contributed by atoms with Crippen LogP contribution in [0.4, 0.5) is 0 Å². The number of rotatable bonds is 11. The van der Waals surface area contributed by atoms with Gasteiger partial charge in [0.05, 0.1) is 35.3 Å². The summed E-state index contributed by atoms with van der Waals surface area (Å²) in [6.45, 7) is -0.605. The highest BCUT2D eigenvalue weighted by Gasteiger charge is 2.31. The lowest BCUT2D eigenvalue weighted by atomic mass is 9.90. The second-order valence-corrected chi connectivity index (χ2v) is 10.2. The van der Waals surface area contributed by atoms with E-state index in [0.29, 0.717) is 29.6 Å². The van der Waals surface area contributed by atoms with E-state index < -0.39 is 48.7 Å². The summed E-state index contributed by atoms with van der Waals surface area (Å²) in [6.07, 6.45) is 1.24. The van der Waals surface area contributed by atoms with Crippen molar-refractivity contribution in [1.82, 2.24) is 20.9 Å². The SMILES string of the molecule is COc1cccc2[nH]c(C(=O)NCC(=O)NC(C[C@@H]3CCCNC3=O)C(=O)COC(=O)c3c(Cl)cccc3Cl)cc12. The summed E-state index contributed by atoms with van der Waals surface area (Å²) in [7, 11) is 1.52. The molecule has 1 saturated heterocycles. The lowest BCUT2D eigenvalue weighted by Crippen LogP contribution is -2.49. The number of methoxy groups -OCH3 is 1. The van der Waals surface area contributed by atoms with E-state index in [2.05, 4.69) is 20.9 Å². The van der Waals surface area contributed by atoms with Gasteiger partial charge in [0, 0.05) is 23.4 Å². The minimum absolute atomic E-state index is 0.00341. The summed E-state index contributed by atoms with van der Waals surface area (Å²) in [6, 6.07) is 10.2. The van der Waals surface area contributed by atoms with Crippen molar-refractivity contribution in [3.05, 3.63) is 63.8 Å². The Kier molecular flexibility index (Phi) is 9.85. The first kappa shape index (κ1) is 29.9. The number of hydrogen-bond acceptors (Lipinski definition) is 7. The highest BCUT2D eigenvalue weighted by Crippen LogP contribution is 2.26. The maximum absolute atomic E-state index is 13.1. The normalized spacial score (nSPS) is 15.5. The molecule has 0 aliphatic carbocycles. The fourth-order valence-electron chi connectivity index (χ4n) is 4.55. The van der Waals surface area contributed by atoms with Crippen LogP contribution in [0, 0.1) is 5.92 Å². The molecule has 2 aromatic carbocycles. The van der Waals surface area contributed by atoms with Crippen molar-refractivity contribution < 1.29 is 33.4 Å². The van der Waals surface area contributed by atoms with Crippen molar-refractivity contribution in [2.75, 3.05) is 26.8 Å². The number of ketones is 1. The average molecular weight is 603 g/mol. The molecule has 1 aliphatic rings. The van der Waals surface area contributed by atoms with Crippen LogP contribution in [0.1, 0.15) is 40.1 Å². The van der Waals surface area contributed by atoms with Crippen LogP contribution in [0.2, 0.25) is 10.0 Å². The van der Waals surface area contributed by atoms with Gasteiger partial charge < -0.3 is 30.4 Å². The van der Waals surface area contributed by atoms with E-state index in [1.807, 2.05) is 0 Å². The van der Waals surface area contributed by atoms with Crippen LogP contribution >= 0.6 is 23.2 Å². The van der Waals surface area contributed by atoms with Crippen LogP contribution in [-0.2, 0) is 19.1 Å². The van der Waals surface area contributed by atoms with Gasteiger partial charge in [-0.3, -0.25) is 19.2 Å². The molecular formula is C28H28Cl2N4O7. The van der Waals surface area contributed by atoms with Crippen molar-refractivity contribution in [2.45, 2.75) is 25.3 Å². The maximum Gasteiger partial charge on any atom is 0.341 e. The third-order valence-corrected chi connectivity index (χ3v) is 7.28. The van der Waals surface area contributed by atoms with Gasteiger partial charge >= 0.3 is 5.97 Å². The van der Waals surface area contributed by atoms with E-state index in [9.17, 15) is 24.0 Å². The molecule has 2 atom stereocenters. The van der Waals surface area contributed by atoms with Crippen LogP contribution in [0.3, 0.4) is 0 Å². The van der Waals surface area contributed by atoms with Gasteiger partial charge in [-0.1, -0.05) is 35.3 Å². The summed E-state index contributed by atoms with van der Waals surface area (Å²) in [5, 5.41) is 8.64. The fourth-order valence-corrected chi connectivity index (χ4v) is 5.10. The second-order valence-electron chi connectivity index (χ2n) is 9.41. The van der Waals surface area contributed by atoms with Crippen molar-refractivity contribution in [2.24, 2.45) is 5.92 Å². The zero-order chi connectivity index (χ0) is 29.5. The molecule has 41 heavy (non-hydrogen) atoms. The van der Waals surface area contributed by atoms with Gasteiger partial charge in [0.15, 0.2) is 12.4 Å². The molecule has 13 heteroatoms. The molecule has 0 saturated carbocycles. The Morgan fingerprint density at radius 3 is 2.54 bits per heavy atom. The number of aromatic nitrogens is 1. The number of esters is 1. The molecule has 4 N–H and O–H groups in total. The molecule has 11 nitrogen and oxygen atoms in total. The number of amides is 3. The third kappa shape index (κ3) is 7.36. The van der Waals surface area contributed by atoms with Crippen molar-refractivity contribution in [3.8, 4) is 5.75 Å². The average Bonchev–Trinajstić information content (AvgIpc) is 3.40. The topological polar surface area (TPSA) is 156 Å². The highest BCUT2D eigenvalue weighted by molar-refractivity contribution is 6.39. The van der Waals surface area contributed by atoms with Crippen molar-refractivity contribution >= 4 is 63.6 Å². The predicted octanol–water partition coefficient (Wildman–Crippen LogP) is 3.04.